The van der Waals surface area contributed by atoms with Crippen molar-refractivity contribution in [1.29, 1.82) is 0 Å². The molecule has 1 nitrogen and oxygen atoms in total. The van der Waals surface area contributed by atoms with Crippen molar-refractivity contribution in [2.45, 2.75) is 0 Å². The molecular formula is C12H12O. The van der Waals surface area contributed by atoms with E-state index in [0.717, 1.165) is 13.2 Å². The van der Waals surface area contributed by atoms with Gasteiger partial charge in [-0.1, -0.05) is 48.6 Å². The van der Waals surface area contributed by atoms with Gasteiger partial charge in [-0.2, -0.15) is 0 Å². The van der Waals surface area contributed by atoms with Crippen LogP contribution in [0.25, 0.3) is 6.08 Å². The standard InChI is InChI=1S/C12H12O/c1-2-4-11(5-3-1)6-7-12-8-9-13-10-12/h1-8H,9-10H2. The summed E-state index contributed by atoms with van der Waals surface area (Å²) in [6.45, 7) is 1.51. The van der Waals surface area contributed by atoms with Crippen molar-refractivity contribution in [3.05, 3.63) is 53.6 Å². The maximum absolute atomic E-state index is 5.20. The van der Waals surface area contributed by atoms with Gasteiger partial charge in [0.25, 0.3) is 0 Å². The van der Waals surface area contributed by atoms with Crippen LogP contribution >= 0.6 is 0 Å². The lowest BCUT2D eigenvalue weighted by Crippen LogP contribution is -1.83. The quantitative estimate of drug-likeness (QED) is 0.666. The van der Waals surface area contributed by atoms with Crippen molar-refractivity contribution in [3.8, 4) is 0 Å². The van der Waals surface area contributed by atoms with Gasteiger partial charge in [0.05, 0.1) is 13.2 Å². The Hall–Kier alpha value is -1.34. The largest absolute Gasteiger partial charge is 0.373 e. The van der Waals surface area contributed by atoms with E-state index in [4.69, 9.17) is 4.74 Å². The molecular weight excluding hydrogens is 160 g/mol. The lowest BCUT2D eigenvalue weighted by Gasteiger charge is -1.92. The van der Waals surface area contributed by atoms with Crippen molar-refractivity contribution in [2.75, 3.05) is 13.2 Å². The van der Waals surface area contributed by atoms with Gasteiger partial charge in [-0.15, -0.1) is 0 Å². The van der Waals surface area contributed by atoms with Gasteiger partial charge in [-0.05, 0) is 11.1 Å². The van der Waals surface area contributed by atoms with Crippen LogP contribution in [0, 0.1) is 0 Å². The average molecular weight is 172 g/mol. The van der Waals surface area contributed by atoms with Crippen molar-refractivity contribution in [1.82, 2.24) is 0 Å². The highest BCUT2D eigenvalue weighted by Crippen LogP contribution is 2.09. The summed E-state index contributed by atoms with van der Waals surface area (Å²) in [5, 5.41) is 0. The lowest BCUT2D eigenvalue weighted by molar-refractivity contribution is 0.210. The second-order valence-electron chi connectivity index (χ2n) is 3.04. The summed E-state index contributed by atoms with van der Waals surface area (Å²) in [5.74, 6) is 0. The zero-order valence-corrected chi connectivity index (χ0v) is 7.44. The summed E-state index contributed by atoms with van der Waals surface area (Å²) >= 11 is 0. The zero-order valence-electron chi connectivity index (χ0n) is 7.44. The van der Waals surface area contributed by atoms with Crippen LogP contribution in [0.2, 0.25) is 0 Å². The fraction of sp³-hybridized carbons (Fsp3) is 0.167. The number of hydrogen-bond donors (Lipinski definition) is 0. The molecule has 0 unspecified atom stereocenters. The van der Waals surface area contributed by atoms with E-state index in [1.165, 1.54) is 11.1 Å². The Labute approximate surface area is 78.3 Å². The maximum Gasteiger partial charge on any atom is 0.0718 e. The summed E-state index contributed by atoms with van der Waals surface area (Å²) < 4.78 is 5.20. The molecule has 13 heavy (non-hydrogen) atoms. The van der Waals surface area contributed by atoms with Crippen LogP contribution < -0.4 is 0 Å². The monoisotopic (exact) mass is 172 g/mol. The van der Waals surface area contributed by atoms with Crippen LogP contribution in [0.1, 0.15) is 5.56 Å². The predicted molar refractivity (Wildman–Crippen MR) is 54.4 cm³/mol. The van der Waals surface area contributed by atoms with E-state index in [2.05, 4.69) is 30.4 Å². The molecule has 0 spiro atoms. The Morgan fingerprint density at radius 1 is 1.08 bits per heavy atom. The van der Waals surface area contributed by atoms with Crippen LogP contribution in [0.15, 0.2) is 48.1 Å². The summed E-state index contributed by atoms with van der Waals surface area (Å²) in [4.78, 5) is 0. The molecule has 0 saturated carbocycles. The fourth-order valence-corrected chi connectivity index (χ4v) is 1.29. The highest BCUT2D eigenvalue weighted by molar-refractivity contribution is 5.52. The molecule has 1 aliphatic heterocycles. The van der Waals surface area contributed by atoms with E-state index in [1.54, 1.807) is 0 Å². The van der Waals surface area contributed by atoms with Gasteiger partial charge >= 0.3 is 0 Å². The third-order valence-corrected chi connectivity index (χ3v) is 2.02. The van der Waals surface area contributed by atoms with E-state index in [-0.39, 0.29) is 0 Å². The predicted octanol–water partition coefficient (Wildman–Crippen LogP) is 2.66. The molecule has 1 aromatic carbocycles. The van der Waals surface area contributed by atoms with Gasteiger partial charge < -0.3 is 4.74 Å². The van der Waals surface area contributed by atoms with Crippen LogP contribution in [-0.4, -0.2) is 13.2 Å². The van der Waals surface area contributed by atoms with Gasteiger partial charge in [0.2, 0.25) is 0 Å². The van der Waals surface area contributed by atoms with Crippen molar-refractivity contribution < 1.29 is 4.74 Å². The van der Waals surface area contributed by atoms with Crippen LogP contribution in [0.3, 0.4) is 0 Å². The summed E-state index contributed by atoms with van der Waals surface area (Å²) in [6.07, 6.45) is 6.34. The Balaban J connectivity index is 2.05. The van der Waals surface area contributed by atoms with Gasteiger partial charge in [-0.3, -0.25) is 0 Å². The minimum atomic E-state index is 0.753. The number of benzene rings is 1. The minimum Gasteiger partial charge on any atom is -0.373 e. The Morgan fingerprint density at radius 3 is 2.62 bits per heavy atom. The van der Waals surface area contributed by atoms with Crippen LogP contribution in [0.5, 0.6) is 0 Å². The van der Waals surface area contributed by atoms with E-state index in [1.807, 2.05) is 18.2 Å². The zero-order chi connectivity index (χ0) is 8.93. The molecule has 0 bridgehead atoms. The summed E-state index contributed by atoms with van der Waals surface area (Å²) in [6, 6.07) is 10.3. The molecule has 1 aromatic rings. The molecule has 1 heterocycles. The van der Waals surface area contributed by atoms with Crippen molar-refractivity contribution in [3.63, 3.8) is 0 Å². The van der Waals surface area contributed by atoms with Crippen molar-refractivity contribution in [2.24, 2.45) is 0 Å². The first-order chi connectivity index (χ1) is 6.45. The minimum absolute atomic E-state index is 0.753. The van der Waals surface area contributed by atoms with E-state index in [0.29, 0.717) is 0 Å². The molecule has 0 fully saturated rings. The van der Waals surface area contributed by atoms with Gasteiger partial charge in [-0.25, -0.2) is 0 Å². The van der Waals surface area contributed by atoms with Crippen LogP contribution in [-0.2, 0) is 4.74 Å². The molecule has 0 amide bonds. The van der Waals surface area contributed by atoms with E-state index < -0.39 is 0 Å². The summed E-state index contributed by atoms with van der Waals surface area (Å²) in [7, 11) is 0. The Kier molecular flexibility index (Phi) is 2.58. The topological polar surface area (TPSA) is 9.23 Å². The normalized spacial score (nSPS) is 16.5. The van der Waals surface area contributed by atoms with E-state index >= 15 is 0 Å². The second-order valence-corrected chi connectivity index (χ2v) is 3.04. The molecule has 2 rings (SSSR count). The van der Waals surface area contributed by atoms with Gasteiger partial charge in [0.1, 0.15) is 0 Å². The Morgan fingerprint density at radius 2 is 1.92 bits per heavy atom. The third-order valence-electron chi connectivity index (χ3n) is 2.02. The van der Waals surface area contributed by atoms with Gasteiger partial charge in [0, 0.05) is 0 Å². The summed E-state index contributed by atoms with van der Waals surface area (Å²) in [5.41, 5.74) is 2.50. The molecule has 0 atom stereocenters. The van der Waals surface area contributed by atoms with Gasteiger partial charge in [0.15, 0.2) is 0 Å². The van der Waals surface area contributed by atoms with Crippen LogP contribution in [0.4, 0.5) is 0 Å². The molecule has 0 radical (unpaired) electrons. The molecule has 1 aliphatic rings. The lowest BCUT2D eigenvalue weighted by atomic mass is 10.2. The first-order valence-corrected chi connectivity index (χ1v) is 4.45. The SMILES string of the molecule is C(=Cc1ccccc1)C1=CCOC1. The molecule has 66 valence electrons. The highest BCUT2D eigenvalue weighted by atomic mass is 16.5. The maximum atomic E-state index is 5.20. The first-order valence-electron chi connectivity index (χ1n) is 4.45. The first kappa shape index (κ1) is 8.27. The number of ether oxygens (including phenoxy) is 1. The molecule has 0 aliphatic carbocycles. The highest BCUT2D eigenvalue weighted by Gasteiger charge is 1.99. The number of hydrogen-bond acceptors (Lipinski definition) is 1. The smallest absolute Gasteiger partial charge is 0.0718 e. The molecule has 0 N–H and O–H groups in total. The fourth-order valence-electron chi connectivity index (χ4n) is 1.29. The number of rotatable bonds is 2. The Bertz CT molecular complexity index is 322. The third kappa shape index (κ3) is 2.30. The molecule has 0 aromatic heterocycles. The van der Waals surface area contributed by atoms with Crippen molar-refractivity contribution >= 4 is 6.08 Å². The average Bonchev–Trinajstić information content (AvgIpc) is 2.69. The molecule has 1 heteroatoms. The molecule has 0 saturated heterocycles. The van der Waals surface area contributed by atoms with E-state index in [9.17, 15) is 0 Å². The second kappa shape index (κ2) is 4.06.